The van der Waals surface area contributed by atoms with E-state index in [1.165, 1.54) is 18.2 Å². The Kier molecular flexibility index (Phi) is 12.6. The summed E-state index contributed by atoms with van der Waals surface area (Å²) >= 11 is 0. The lowest BCUT2D eigenvalue weighted by Gasteiger charge is -2.18. The van der Waals surface area contributed by atoms with Crippen molar-refractivity contribution in [2.75, 3.05) is 33.1 Å². The number of hydrogen-bond donors (Lipinski definition) is 3. The molecule has 0 aliphatic carbocycles. The molecule has 0 fully saturated rings. The molecular weight excluding hydrogens is 533 g/mol. The lowest BCUT2D eigenvalue weighted by Crippen LogP contribution is -2.42. The molecule has 0 aliphatic heterocycles. The molecule has 2 aromatic carbocycles. The summed E-state index contributed by atoms with van der Waals surface area (Å²) in [4.78, 5) is 70.2. The highest BCUT2D eigenvalue weighted by Crippen LogP contribution is 2.54. The van der Waals surface area contributed by atoms with Crippen LogP contribution in [0.15, 0.2) is 48.5 Å². The van der Waals surface area contributed by atoms with Gasteiger partial charge in [-0.25, -0.2) is 29.0 Å². The average molecular weight is 567 g/mol. The summed E-state index contributed by atoms with van der Waals surface area (Å²) in [6, 6.07) is 11.5. The second-order valence-corrected chi connectivity index (χ2v) is 10.3. The number of ether oxygens (including phenoxy) is 5. The number of nitrogens with one attached hydrogen (secondary N) is 1. The summed E-state index contributed by atoms with van der Waals surface area (Å²) < 4.78 is 25.5. The van der Waals surface area contributed by atoms with Crippen LogP contribution in [-0.4, -0.2) is 72.5 Å². The van der Waals surface area contributed by atoms with E-state index in [4.69, 9.17) is 18.9 Å². The first-order chi connectivity index (χ1) is 18.6. The van der Waals surface area contributed by atoms with E-state index in [9.17, 15) is 29.0 Å². The number of rotatable bonds is 15. The van der Waals surface area contributed by atoms with Crippen LogP contribution in [0.5, 0.6) is 11.5 Å². The molecule has 0 spiro atoms. The Morgan fingerprint density at radius 1 is 0.923 bits per heavy atom. The quantitative estimate of drug-likeness (QED) is 0.165. The van der Waals surface area contributed by atoms with Crippen LogP contribution in [-0.2, 0) is 30.4 Å². The molecule has 1 unspecified atom stereocenters. The highest BCUT2D eigenvalue weighted by Gasteiger charge is 2.46. The molecule has 0 heterocycles. The highest BCUT2D eigenvalue weighted by molar-refractivity contribution is 7.81. The first-order valence-electron chi connectivity index (χ1n) is 12.1. The van der Waals surface area contributed by atoms with E-state index in [0.717, 1.165) is 12.7 Å². The molecule has 3 N–H and O–H groups in total. The van der Waals surface area contributed by atoms with Crippen LogP contribution in [0.2, 0.25) is 0 Å². The predicted octanol–water partition coefficient (Wildman–Crippen LogP) is 2.86. The van der Waals surface area contributed by atoms with Crippen LogP contribution in [0.25, 0.3) is 0 Å². The van der Waals surface area contributed by atoms with E-state index in [0.29, 0.717) is 0 Å². The summed E-state index contributed by atoms with van der Waals surface area (Å²) in [5, 5.41) is 2.33. The van der Waals surface area contributed by atoms with Gasteiger partial charge in [0, 0.05) is 6.42 Å². The van der Waals surface area contributed by atoms with E-state index >= 15 is 0 Å². The van der Waals surface area contributed by atoms with Gasteiger partial charge in [0.15, 0.2) is 18.1 Å². The second kappa shape index (κ2) is 15.6. The van der Waals surface area contributed by atoms with Gasteiger partial charge in [0.2, 0.25) is 0 Å². The van der Waals surface area contributed by atoms with E-state index in [2.05, 4.69) is 10.1 Å². The third-order valence-corrected chi connectivity index (χ3v) is 6.98. The molecule has 12 nitrogen and oxygen atoms in total. The lowest BCUT2D eigenvalue weighted by atomic mass is 10.2. The van der Waals surface area contributed by atoms with Crippen molar-refractivity contribution in [1.82, 2.24) is 5.32 Å². The molecule has 0 radical (unpaired) electrons. The van der Waals surface area contributed by atoms with Gasteiger partial charge in [0.25, 0.3) is 0 Å². The van der Waals surface area contributed by atoms with Crippen molar-refractivity contribution in [3.8, 4) is 11.5 Å². The number of alkyl carbamates (subject to hydrolysis) is 1. The Morgan fingerprint density at radius 2 is 1.64 bits per heavy atom. The maximum absolute atomic E-state index is 13.0. The van der Waals surface area contributed by atoms with Crippen LogP contribution in [0, 0.1) is 0 Å². The van der Waals surface area contributed by atoms with Gasteiger partial charge >= 0.3 is 31.3 Å². The van der Waals surface area contributed by atoms with Crippen molar-refractivity contribution in [2.45, 2.75) is 32.9 Å². The number of carbonyl (C=O) groups excluding carboxylic acids is 4. The Bertz CT molecular complexity index is 1120. The van der Waals surface area contributed by atoms with Gasteiger partial charge in [-0.2, -0.15) is 0 Å². The maximum atomic E-state index is 13.0. The number of benzene rings is 2. The Balaban J connectivity index is 2.06. The third kappa shape index (κ3) is 10.2. The largest absolute Gasteiger partial charge is 0.490 e. The van der Waals surface area contributed by atoms with Crippen LogP contribution >= 0.6 is 7.72 Å². The summed E-state index contributed by atoms with van der Waals surface area (Å²) in [5.74, 6) is -1.16. The zero-order valence-corrected chi connectivity index (χ0v) is 22.8. The van der Waals surface area contributed by atoms with Gasteiger partial charge in [0.1, 0.15) is 18.8 Å². The molecule has 1 amide bonds. The fourth-order valence-electron chi connectivity index (χ4n) is 3.28. The molecule has 1 atom stereocenters. The normalized spacial score (nSPS) is 11.6. The molecule has 2 aromatic rings. The summed E-state index contributed by atoms with van der Waals surface area (Å²) in [7, 11) is -3.16. The van der Waals surface area contributed by atoms with Crippen LogP contribution in [0.3, 0.4) is 0 Å². The van der Waals surface area contributed by atoms with Crippen LogP contribution < -0.4 is 14.8 Å². The van der Waals surface area contributed by atoms with Crippen molar-refractivity contribution in [2.24, 2.45) is 0 Å². The molecule has 0 saturated carbocycles. The van der Waals surface area contributed by atoms with Gasteiger partial charge in [-0.05, 0) is 37.6 Å². The van der Waals surface area contributed by atoms with Crippen molar-refractivity contribution in [3.05, 3.63) is 59.7 Å². The van der Waals surface area contributed by atoms with Gasteiger partial charge < -0.3 is 29.0 Å². The predicted molar refractivity (Wildman–Crippen MR) is 140 cm³/mol. The second-order valence-electron chi connectivity index (χ2n) is 8.02. The van der Waals surface area contributed by atoms with Gasteiger partial charge in [-0.15, -0.1) is 0 Å². The van der Waals surface area contributed by atoms with Gasteiger partial charge in [0.05, 0.1) is 25.9 Å². The van der Waals surface area contributed by atoms with Crippen LogP contribution in [0.4, 0.5) is 4.79 Å². The molecule has 0 aromatic heterocycles. The molecular formula is C26H33NO11P+. The fraction of sp³-hybridized carbons (Fsp3) is 0.385. The third-order valence-electron chi connectivity index (χ3n) is 5.19. The molecule has 0 saturated heterocycles. The SMILES string of the molecule is CCOC(=O)COc1ccc(C(=O)[P+](O)(O)CCC(NC(=O)OCc2ccccc2)C(=O)OC)cc1OCC. The molecule has 212 valence electrons. The molecule has 13 heteroatoms. The molecule has 39 heavy (non-hydrogen) atoms. The van der Waals surface area contributed by atoms with E-state index in [-0.39, 0.29) is 49.9 Å². The fourth-order valence-corrected chi connectivity index (χ4v) is 4.66. The minimum atomic E-state index is -4.27. The Hall–Kier alpha value is -3.73. The van der Waals surface area contributed by atoms with Crippen molar-refractivity contribution in [1.29, 1.82) is 0 Å². The molecule has 0 aliphatic rings. The average Bonchev–Trinajstić information content (AvgIpc) is 2.93. The van der Waals surface area contributed by atoms with E-state index in [1.807, 2.05) is 6.07 Å². The lowest BCUT2D eigenvalue weighted by molar-refractivity contribution is -0.145. The summed E-state index contributed by atoms with van der Waals surface area (Å²) in [5.41, 5.74) is -0.326. The molecule has 0 bridgehead atoms. The maximum Gasteiger partial charge on any atom is 0.408 e. The number of carbonyl (C=O) groups is 4. The topological polar surface area (TPSA) is 167 Å². The first-order valence-corrected chi connectivity index (χ1v) is 14.0. The zero-order chi connectivity index (χ0) is 28.8. The zero-order valence-electron chi connectivity index (χ0n) is 22.0. The minimum Gasteiger partial charge on any atom is -0.490 e. The summed E-state index contributed by atoms with van der Waals surface area (Å²) in [6.45, 7) is 3.33. The number of hydrogen-bond acceptors (Lipinski definition) is 11. The molecule has 2 rings (SSSR count). The van der Waals surface area contributed by atoms with E-state index < -0.39 is 43.5 Å². The van der Waals surface area contributed by atoms with Crippen molar-refractivity contribution >= 4 is 31.3 Å². The first kappa shape index (κ1) is 31.5. The highest BCUT2D eigenvalue weighted by atomic mass is 31.2. The standard InChI is InChI=1S/C26H32NO11P/c1-4-35-22-15-19(11-12-21(22)37-17-23(28)36-5-2)25(30)39(32,33)14-13-20(24(29)34-3)27-26(31)38-16-18-9-7-6-8-10-18/h6-12,15,20,32-33H,4-5,13-14,16-17H2,1-3H3/p+1. The van der Waals surface area contributed by atoms with Crippen LogP contribution in [0.1, 0.15) is 36.2 Å². The number of methoxy groups -OCH3 is 1. The Labute approximate surface area is 226 Å². The minimum absolute atomic E-state index is 0.0440. The Morgan fingerprint density at radius 3 is 2.28 bits per heavy atom. The van der Waals surface area contributed by atoms with Crippen molar-refractivity contribution < 1.29 is 52.6 Å². The smallest absolute Gasteiger partial charge is 0.408 e. The van der Waals surface area contributed by atoms with Crippen molar-refractivity contribution in [3.63, 3.8) is 0 Å². The van der Waals surface area contributed by atoms with Gasteiger partial charge in [-0.1, -0.05) is 30.3 Å². The number of esters is 2. The monoisotopic (exact) mass is 566 g/mol. The van der Waals surface area contributed by atoms with Gasteiger partial charge in [-0.3, -0.25) is 0 Å². The summed E-state index contributed by atoms with van der Waals surface area (Å²) in [6.07, 6.45) is -1.74. The van der Waals surface area contributed by atoms with E-state index in [1.54, 1.807) is 38.1 Å². The number of amides is 1.